The number of nitrogens with one attached hydrogen (secondary N) is 1. The molecule has 1 fully saturated rings. The van der Waals surface area contributed by atoms with Crippen molar-refractivity contribution in [2.45, 2.75) is 39.7 Å². The van der Waals surface area contributed by atoms with Gasteiger partial charge in [0.2, 0.25) is 0 Å². The summed E-state index contributed by atoms with van der Waals surface area (Å²) in [6.45, 7) is 12.2. The Kier molecular flexibility index (Phi) is 3.43. The van der Waals surface area contributed by atoms with E-state index in [0.717, 1.165) is 26.1 Å². The molecule has 0 bridgehead atoms. The fourth-order valence-corrected chi connectivity index (χ4v) is 2.64. The maximum Gasteiger partial charge on any atom is 0.0370 e. The highest BCUT2D eigenvalue weighted by Crippen LogP contribution is 2.23. The molecule has 94 valence electrons. The van der Waals surface area contributed by atoms with Crippen molar-refractivity contribution in [1.82, 2.24) is 5.32 Å². The van der Waals surface area contributed by atoms with Crippen molar-refractivity contribution in [2.75, 3.05) is 24.5 Å². The summed E-state index contributed by atoms with van der Waals surface area (Å²) in [7, 11) is 0. The van der Waals surface area contributed by atoms with Gasteiger partial charge in [-0.25, -0.2) is 0 Å². The molecule has 1 aliphatic rings. The Hall–Kier alpha value is -1.02. The van der Waals surface area contributed by atoms with Crippen LogP contribution in [0.3, 0.4) is 0 Å². The summed E-state index contributed by atoms with van der Waals surface area (Å²) >= 11 is 0. The molecular formula is C15H24N2. The van der Waals surface area contributed by atoms with E-state index in [9.17, 15) is 0 Å². The third-order valence-corrected chi connectivity index (χ3v) is 3.64. The first-order valence-corrected chi connectivity index (χ1v) is 6.61. The van der Waals surface area contributed by atoms with E-state index < -0.39 is 0 Å². The molecule has 2 rings (SSSR count). The molecule has 1 heterocycles. The Morgan fingerprint density at radius 3 is 2.71 bits per heavy atom. The van der Waals surface area contributed by atoms with E-state index in [4.69, 9.17) is 0 Å². The van der Waals surface area contributed by atoms with Gasteiger partial charge >= 0.3 is 0 Å². The molecule has 0 amide bonds. The van der Waals surface area contributed by atoms with E-state index in [2.05, 4.69) is 56.1 Å². The highest BCUT2D eigenvalue weighted by molar-refractivity contribution is 5.51. The number of benzene rings is 1. The first-order valence-electron chi connectivity index (χ1n) is 6.61. The van der Waals surface area contributed by atoms with Crippen LogP contribution in [0.1, 0.15) is 31.9 Å². The maximum absolute atomic E-state index is 3.55. The molecule has 1 N–H and O–H groups in total. The predicted octanol–water partition coefficient (Wildman–Crippen LogP) is 2.75. The van der Waals surface area contributed by atoms with Crippen molar-refractivity contribution in [1.29, 1.82) is 0 Å². The van der Waals surface area contributed by atoms with Gasteiger partial charge in [0.1, 0.15) is 0 Å². The fourth-order valence-electron chi connectivity index (χ4n) is 2.64. The molecule has 0 aliphatic carbocycles. The van der Waals surface area contributed by atoms with E-state index in [-0.39, 0.29) is 5.54 Å². The van der Waals surface area contributed by atoms with Crippen LogP contribution in [-0.4, -0.2) is 25.2 Å². The zero-order chi connectivity index (χ0) is 12.5. The summed E-state index contributed by atoms with van der Waals surface area (Å²) in [6.07, 6.45) is 1.12. The summed E-state index contributed by atoms with van der Waals surface area (Å²) in [4.78, 5) is 2.49. The number of anilines is 1. The van der Waals surface area contributed by atoms with E-state index >= 15 is 0 Å². The molecule has 1 aliphatic heterocycles. The largest absolute Gasteiger partial charge is 0.368 e. The molecule has 17 heavy (non-hydrogen) atoms. The van der Waals surface area contributed by atoms with Crippen LogP contribution in [0.15, 0.2) is 18.2 Å². The Morgan fingerprint density at radius 2 is 2.12 bits per heavy atom. The van der Waals surface area contributed by atoms with Crippen LogP contribution < -0.4 is 10.2 Å². The Morgan fingerprint density at radius 1 is 1.35 bits per heavy atom. The SMILES string of the molecule is CCc1ccc(N2CCNC(C)(C)C2)cc1C. The zero-order valence-electron chi connectivity index (χ0n) is 11.5. The first kappa shape index (κ1) is 12.4. The van der Waals surface area contributed by atoms with Crippen LogP contribution in [0.25, 0.3) is 0 Å². The minimum atomic E-state index is 0.218. The van der Waals surface area contributed by atoms with Crippen LogP contribution >= 0.6 is 0 Å². The van der Waals surface area contributed by atoms with Crippen LogP contribution in [0.5, 0.6) is 0 Å². The fraction of sp³-hybridized carbons (Fsp3) is 0.600. The molecule has 0 aromatic heterocycles. The third-order valence-electron chi connectivity index (χ3n) is 3.64. The summed E-state index contributed by atoms with van der Waals surface area (Å²) in [5, 5.41) is 3.55. The summed E-state index contributed by atoms with van der Waals surface area (Å²) in [6, 6.07) is 6.88. The average molecular weight is 232 g/mol. The lowest BCUT2D eigenvalue weighted by molar-refractivity contribution is 0.353. The Labute approximate surface area is 105 Å². The second-order valence-corrected chi connectivity index (χ2v) is 5.70. The van der Waals surface area contributed by atoms with Crippen LogP contribution in [0.4, 0.5) is 5.69 Å². The maximum atomic E-state index is 3.55. The van der Waals surface area contributed by atoms with Crippen molar-refractivity contribution >= 4 is 5.69 Å². The highest BCUT2D eigenvalue weighted by Gasteiger charge is 2.25. The van der Waals surface area contributed by atoms with Gasteiger partial charge in [0.05, 0.1) is 0 Å². The van der Waals surface area contributed by atoms with Gasteiger partial charge in [0.25, 0.3) is 0 Å². The summed E-state index contributed by atoms with van der Waals surface area (Å²) in [5.74, 6) is 0. The highest BCUT2D eigenvalue weighted by atomic mass is 15.2. The second-order valence-electron chi connectivity index (χ2n) is 5.70. The predicted molar refractivity (Wildman–Crippen MR) is 74.9 cm³/mol. The molecule has 1 aromatic rings. The average Bonchev–Trinajstić information content (AvgIpc) is 2.27. The Balaban J connectivity index is 2.19. The molecule has 1 saturated heterocycles. The lowest BCUT2D eigenvalue weighted by Crippen LogP contribution is -2.57. The van der Waals surface area contributed by atoms with Crippen molar-refractivity contribution in [2.24, 2.45) is 0 Å². The van der Waals surface area contributed by atoms with E-state index in [1.807, 2.05) is 0 Å². The van der Waals surface area contributed by atoms with Gasteiger partial charge in [-0.2, -0.15) is 0 Å². The zero-order valence-corrected chi connectivity index (χ0v) is 11.5. The standard InChI is InChI=1S/C15H24N2/c1-5-13-6-7-14(10-12(13)2)17-9-8-16-15(3,4)11-17/h6-7,10,16H,5,8-9,11H2,1-4H3. The Bertz CT molecular complexity index is 396. The number of nitrogens with zero attached hydrogens (tertiary/aromatic N) is 1. The van der Waals surface area contributed by atoms with Crippen molar-refractivity contribution < 1.29 is 0 Å². The van der Waals surface area contributed by atoms with Crippen LogP contribution in [0.2, 0.25) is 0 Å². The van der Waals surface area contributed by atoms with E-state index in [1.165, 1.54) is 16.8 Å². The number of hydrogen-bond donors (Lipinski definition) is 1. The number of hydrogen-bond acceptors (Lipinski definition) is 2. The number of aryl methyl sites for hydroxylation is 2. The quantitative estimate of drug-likeness (QED) is 0.843. The number of piperazine rings is 1. The van der Waals surface area contributed by atoms with Gasteiger partial charge in [-0.1, -0.05) is 13.0 Å². The molecule has 2 nitrogen and oxygen atoms in total. The third kappa shape index (κ3) is 2.81. The molecule has 0 spiro atoms. The topological polar surface area (TPSA) is 15.3 Å². The second kappa shape index (κ2) is 4.69. The molecule has 0 saturated carbocycles. The molecule has 0 unspecified atom stereocenters. The van der Waals surface area contributed by atoms with Crippen molar-refractivity contribution in [3.63, 3.8) is 0 Å². The monoisotopic (exact) mass is 232 g/mol. The van der Waals surface area contributed by atoms with Crippen molar-refractivity contribution in [3.05, 3.63) is 29.3 Å². The normalized spacial score (nSPS) is 19.4. The molecule has 2 heteroatoms. The van der Waals surface area contributed by atoms with E-state index in [0.29, 0.717) is 0 Å². The van der Waals surface area contributed by atoms with Crippen LogP contribution in [-0.2, 0) is 6.42 Å². The lowest BCUT2D eigenvalue weighted by atomic mass is 10.00. The van der Waals surface area contributed by atoms with Gasteiger partial charge in [0, 0.05) is 30.9 Å². The van der Waals surface area contributed by atoms with Crippen LogP contribution in [0, 0.1) is 6.92 Å². The first-order chi connectivity index (χ1) is 8.02. The smallest absolute Gasteiger partial charge is 0.0370 e. The minimum absolute atomic E-state index is 0.218. The van der Waals surface area contributed by atoms with Gasteiger partial charge in [0.15, 0.2) is 0 Å². The molecule has 1 aromatic carbocycles. The van der Waals surface area contributed by atoms with Gasteiger partial charge in [-0.15, -0.1) is 0 Å². The number of rotatable bonds is 2. The van der Waals surface area contributed by atoms with Gasteiger partial charge < -0.3 is 10.2 Å². The van der Waals surface area contributed by atoms with Crippen molar-refractivity contribution in [3.8, 4) is 0 Å². The minimum Gasteiger partial charge on any atom is -0.368 e. The summed E-state index contributed by atoms with van der Waals surface area (Å²) < 4.78 is 0. The van der Waals surface area contributed by atoms with E-state index in [1.54, 1.807) is 0 Å². The van der Waals surface area contributed by atoms with Gasteiger partial charge in [-0.3, -0.25) is 0 Å². The lowest BCUT2D eigenvalue weighted by Gasteiger charge is -2.40. The van der Waals surface area contributed by atoms with Gasteiger partial charge in [-0.05, 0) is 50.5 Å². The molecule has 0 radical (unpaired) electrons. The summed E-state index contributed by atoms with van der Waals surface area (Å²) in [5.41, 5.74) is 4.47. The molecule has 0 atom stereocenters. The molecular weight excluding hydrogens is 208 g/mol.